The van der Waals surface area contributed by atoms with Gasteiger partial charge in [0, 0.05) is 37.1 Å². The summed E-state index contributed by atoms with van der Waals surface area (Å²) in [5.41, 5.74) is 4.67. The molecule has 0 saturated carbocycles. The molecule has 6 aromatic rings. The highest BCUT2D eigenvalue weighted by Gasteiger charge is 2.10. The third kappa shape index (κ3) is 2.94. The first kappa shape index (κ1) is 17.3. The van der Waals surface area contributed by atoms with Crippen molar-refractivity contribution in [3.8, 4) is 11.1 Å². The second-order valence-electron chi connectivity index (χ2n) is 7.55. The lowest BCUT2D eigenvalue weighted by Crippen LogP contribution is -1.94. The van der Waals surface area contributed by atoms with Crippen LogP contribution in [0, 0.1) is 0 Å². The third-order valence-electron chi connectivity index (χ3n) is 5.63. The predicted octanol–water partition coefficient (Wildman–Crippen LogP) is 8.62. The molecule has 0 amide bonds. The summed E-state index contributed by atoms with van der Waals surface area (Å²) in [6.07, 6.45) is 0. The van der Waals surface area contributed by atoms with Gasteiger partial charge in [0.2, 0.25) is 0 Å². The third-order valence-corrected chi connectivity index (χ3v) is 6.76. The van der Waals surface area contributed by atoms with Gasteiger partial charge < -0.3 is 5.32 Å². The van der Waals surface area contributed by atoms with E-state index in [4.69, 9.17) is 0 Å². The lowest BCUT2D eigenvalue weighted by molar-refractivity contribution is 1.57. The lowest BCUT2D eigenvalue weighted by Gasteiger charge is -2.14. The number of hydrogen-bond donors (Lipinski definition) is 1. The second kappa shape index (κ2) is 7.01. The van der Waals surface area contributed by atoms with Crippen LogP contribution in [0.25, 0.3) is 42.1 Å². The number of nitrogens with one attached hydrogen (secondary N) is 1. The van der Waals surface area contributed by atoms with Crippen molar-refractivity contribution in [2.75, 3.05) is 5.32 Å². The van der Waals surface area contributed by atoms with Gasteiger partial charge in [0.15, 0.2) is 0 Å². The Morgan fingerprint density at radius 3 is 2.10 bits per heavy atom. The van der Waals surface area contributed by atoms with E-state index in [1.54, 1.807) is 0 Å². The van der Waals surface area contributed by atoms with Crippen LogP contribution >= 0.6 is 11.3 Å². The summed E-state index contributed by atoms with van der Waals surface area (Å²) < 4.78 is 2.64. The normalized spacial score (nSPS) is 11.3. The standard InChI is InChI=1S/C28H19NS/c1-2-8-19(9-3-1)25-16-20-10-4-5-11-21(20)17-26(25)29-22-14-15-24-23-12-6-7-13-27(23)30-28(24)18-22/h1-18,29H. The summed E-state index contributed by atoms with van der Waals surface area (Å²) in [6.45, 7) is 0. The van der Waals surface area contributed by atoms with Gasteiger partial charge in [-0.25, -0.2) is 0 Å². The van der Waals surface area contributed by atoms with Gasteiger partial charge in [0.05, 0.1) is 0 Å². The maximum absolute atomic E-state index is 3.71. The Bertz CT molecular complexity index is 1510. The SMILES string of the molecule is c1ccc(-c2cc3ccccc3cc2Nc2ccc3c(c2)sc2ccccc23)cc1. The van der Waals surface area contributed by atoms with E-state index in [9.17, 15) is 0 Å². The van der Waals surface area contributed by atoms with Crippen LogP contribution in [0.4, 0.5) is 11.4 Å². The molecule has 0 spiro atoms. The van der Waals surface area contributed by atoms with Crippen LogP contribution < -0.4 is 5.32 Å². The highest BCUT2D eigenvalue weighted by Crippen LogP contribution is 2.38. The quantitative estimate of drug-likeness (QED) is 0.313. The van der Waals surface area contributed by atoms with Gasteiger partial charge in [-0.05, 0) is 46.7 Å². The van der Waals surface area contributed by atoms with Crippen molar-refractivity contribution in [3.05, 3.63) is 109 Å². The molecule has 1 N–H and O–H groups in total. The van der Waals surface area contributed by atoms with Crippen LogP contribution in [0.15, 0.2) is 109 Å². The van der Waals surface area contributed by atoms with Crippen LogP contribution in [0.2, 0.25) is 0 Å². The molecule has 142 valence electrons. The summed E-state index contributed by atoms with van der Waals surface area (Å²) in [6, 6.07) is 39.0. The smallest absolute Gasteiger partial charge is 0.0470 e. The largest absolute Gasteiger partial charge is 0.355 e. The van der Waals surface area contributed by atoms with E-state index in [-0.39, 0.29) is 0 Å². The average molecular weight is 402 g/mol. The first-order valence-electron chi connectivity index (χ1n) is 10.1. The van der Waals surface area contributed by atoms with Crippen molar-refractivity contribution in [1.29, 1.82) is 0 Å². The van der Waals surface area contributed by atoms with Crippen molar-refractivity contribution >= 4 is 53.7 Å². The lowest BCUT2D eigenvalue weighted by atomic mass is 9.99. The number of anilines is 2. The second-order valence-corrected chi connectivity index (χ2v) is 8.63. The molecule has 2 heteroatoms. The van der Waals surface area contributed by atoms with Gasteiger partial charge in [-0.15, -0.1) is 11.3 Å². The molecule has 1 heterocycles. The van der Waals surface area contributed by atoms with Crippen molar-refractivity contribution in [3.63, 3.8) is 0 Å². The average Bonchev–Trinajstić information content (AvgIpc) is 3.17. The Morgan fingerprint density at radius 2 is 1.23 bits per heavy atom. The minimum Gasteiger partial charge on any atom is -0.355 e. The van der Waals surface area contributed by atoms with Crippen molar-refractivity contribution in [2.45, 2.75) is 0 Å². The molecule has 0 aliphatic heterocycles. The van der Waals surface area contributed by atoms with Gasteiger partial charge in [-0.1, -0.05) is 78.9 Å². The first-order valence-corrected chi connectivity index (χ1v) is 10.9. The molecule has 5 aromatic carbocycles. The highest BCUT2D eigenvalue weighted by atomic mass is 32.1. The zero-order chi connectivity index (χ0) is 19.9. The monoisotopic (exact) mass is 401 g/mol. The van der Waals surface area contributed by atoms with Crippen LogP contribution in [0.1, 0.15) is 0 Å². The molecule has 0 atom stereocenters. The fourth-order valence-corrected chi connectivity index (χ4v) is 5.30. The zero-order valence-electron chi connectivity index (χ0n) is 16.3. The summed E-state index contributed by atoms with van der Waals surface area (Å²) in [4.78, 5) is 0. The van der Waals surface area contributed by atoms with Gasteiger partial charge in [-0.3, -0.25) is 0 Å². The summed E-state index contributed by atoms with van der Waals surface area (Å²) in [5, 5.41) is 8.85. The molecular weight excluding hydrogens is 382 g/mol. The van der Waals surface area contributed by atoms with Crippen LogP contribution in [-0.2, 0) is 0 Å². The molecule has 0 aliphatic rings. The fourth-order valence-electron chi connectivity index (χ4n) is 4.16. The van der Waals surface area contributed by atoms with Crippen molar-refractivity contribution < 1.29 is 0 Å². The molecule has 1 aromatic heterocycles. The fraction of sp³-hybridized carbons (Fsp3) is 0. The number of fused-ring (bicyclic) bond motifs is 4. The van der Waals surface area contributed by atoms with Crippen LogP contribution in [0.3, 0.4) is 0 Å². The number of thiophene rings is 1. The van der Waals surface area contributed by atoms with E-state index >= 15 is 0 Å². The van der Waals surface area contributed by atoms with Gasteiger partial charge >= 0.3 is 0 Å². The zero-order valence-corrected chi connectivity index (χ0v) is 17.1. The van der Waals surface area contributed by atoms with Crippen LogP contribution in [0.5, 0.6) is 0 Å². The molecule has 1 nitrogen and oxygen atoms in total. The van der Waals surface area contributed by atoms with Crippen LogP contribution in [-0.4, -0.2) is 0 Å². The van der Waals surface area contributed by atoms with Gasteiger partial charge in [0.1, 0.15) is 0 Å². The molecular formula is C28H19NS. The Morgan fingerprint density at radius 1 is 0.533 bits per heavy atom. The molecule has 0 radical (unpaired) electrons. The summed E-state index contributed by atoms with van der Waals surface area (Å²) in [5.74, 6) is 0. The number of rotatable bonds is 3. The maximum Gasteiger partial charge on any atom is 0.0470 e. The number of hydrogen-bond acceptors (Lipinski definition) is 2. The molecule has 0 bridgehead atoms. The van der Waals surface area contributed by atoms with Gasteiger partial charge in [-0.2, -0.15) is 0 Å². The van der Waals surface area contributed by atoms with Gasteiger partial charge in [0.25, 0.3) is 0 Å². The Labute approximate surface area is 179 Å². The predicted molar refractivity (Wildman–Crippen MR) is 132 cm³/mol. The van der Waals surface area contributed by atoms with E-state index in [2.05, 4.69) is 115 Å². The molecule has 0 saturated heterocycles. The Kier molecular flexibility index (Phi) is 4.03. The topological polar surface area (TPSA) is 12.0 Å². The summed E-state index contributed by atoms with van der Waals surface area (Å²) in [7, 11) is 0. The van der Waals surface area contributed by atoms with Crippen molar-refractivity contribution in [1.82, 2.24) is 0 Å². The molecule has 30 heavy (non-hydrogen) atoms. The Balaban J connectivity index is 1.50. The molecule has 0 unspecified atom stereocenters. The minimum absolute atomic E-state index is 1.11. The summed E-state index contributed by atoms with van der Waals surface area (Å²) >= 11 is 1.85. The number of benzene rings is 5. The first-order chi connectivity index (χ1) is 14.8. The van der Waals surface area contributed by atoms with E-state index < -0.39 is 0 Å². The molecule has 6 rings (SSSR count). The molecule has 0 aliphatic carbocycles. The van der Waals surface area contributed by atoms with Crippen molar-refractivity contribution in [2.24, 2.45) is 0 Å². The Hall–Kier alpha value is -3.62. The highest BCUT2D eigenvalue weighted by molar-refractivity contribution is 7.25. The maximum atomic E-state index is 3.71. The minimum atomic E-state index is 1.11. The van der Waals surface area contributed by atoms with E-state index in [0.717, 1.165) is 11.4 Å². The van der Waals surface area contributed by atoms with E-state index in [1.807, 2.05) is 11.3 Å². The molecule has 0 fully saturated rings. The van der Waals surface area contributed by atoms with E-state index in [1.165, 1.54) is 42.1 Å². The van der Waals surface area contributed by atoms with E-state index in [0.29, 0.717) is 0 Å².